The lowest BCUT2D eigenvalue weighted by Gasteiger charge is -2.21. The Kier molecular flexibility index (Phi) is 9.94. The van der Waals surface area contributed by atoms with Crippen LogP contribution in [0.2, 0.25) is 10.0 Å². The van der Waals surface area contributed by atoms with Gasteiger partial charge in [0, 0.05) is 0 Å². The van der Waals surface area contributed by atoms with E-state index in [0.29, 0.717) is 22.7 Å². The van der Waals surface area contributed by atoms with Crippen molar-refractivity contribution in [1.82, 2.24) is 5.43 Å². The largest absolute Gasteiger partial charge is 0.495 e. The lowest BCUT2D eigenvalue weighted by atomic mass is 10.2. The maximum absolute atomic E-state index is 12.3. The van der Waals surface area contributed by atoms with Gasteiger partial charge in [0.15, 0.2) is 6.61 Å². The highest BCUT2D eigenvalue weighted by Gasteiger charge is 2.21. The molecule has 0 saturated heterocycles. The quantitative estimate of drug-likeness (QED) is 0.262. The van der Waals surface area contributed by atoms with E-state index in [9.17, 15) is 18.0 Å². The van der Waals surface area contributed by atoms with E-state index in [4.69, 9.17) is 32.7 Å². The molecule has 3 aromatic carbocycles. The van der Waals surface area contributed by atoms with E-state index in [-0.39, 0.29) is 28.2 Å². The van der Waals surface area contributed by atoms with Gasteiger partial charge in [0.25, 0.3) is 11.8 Å². The first kappa shape index (κ1) is 28.8. The average Bonchev–Trinajstić information content (AvgIpc) is 2.88. The molecule has 13 heteroatoms. The van der Waals surface area contributed by atoms with Crippen molar-refractivity contribution in [3.63, 3.8) is 0 Å². The number of hydrogen-bond acceptors (Lipinski definition) is 7. The summed E-state index contributed by atoms with van der Waals surface area (Å²) in [5.74, 6) is -0.0348. The molecular weight excluding hydrogens is 555 g/mol. The topological polar surface area (TPSA) is 126 Å². The maximum atomic E-state index is 12.3. The van der Waals surface area contributed by atoms with Crippen molar-refractivity contribution in [3.8, 4) is 11.5 Å². The molecule has 200 valence electrons. The first-order chi connectivity index (χ1) is 18.1. The Morgan fingerprint density at radius 1 is 1.00 bits per heavy atom. The average molecular weight is 579 g/mol. The SMILES string of the molecule is COc1ccccc1NC(=O)COc1ccc(/C=N/NC(=O)CN(c2ccc(Cl)c(Cl)c2)S(C)(=O)=O)cc1. The van der Waals surface area contributed by atoms with Gasteiger partial charge in [-0.05, 0) is 60.2 Å². The number of methoxy groups -OCH3 is 1. The number of nitrogens with zero attached hydrogens (tertiary/aromatic N) is 2. The molecule has 0 aliphatic rings. The van der Waals surface area contributed by atoms with Gasteiger partial charge in [-0.15, -0.1) is 0 Å². The molecule has 0 aliphatic heterocycles. The molecule has 3 aromatic rings. The Morgan fingerprint density at radius 2 is 1.71 bits per heavy atom. The number of rotatable bonds is 11. The van der Waals surface area contributed by atoms with Gasteiger partial charge in [0.1, 0.15) is 18.0 Å². The molecule has 0 spiro atoms. The smallest absolute Gasteiger partial charge is 0.262 e. The first-order valence-electron chi connectivity index (χ1n) is 11.0. The molecule has 0 aromatic heterocycles. The number of carbonyl (C=O) groups excluding carboxylic acids is 2. The molecule has 2 N–H and O–H groups in total. The van der Waals surface area contributed by atoms with E-state index < -0.39 is 22.5 Å². The van der Waals surface area contributed by atoms with Crippen molar-refractivity contribution in [2.75, 3.05) is 36.1 Å². The third-order valence-electron chi connectivity index (χ3n) is 4.91. The molecule has 10 nitrogen and oxygen atoms in total. The minimum Gasteiger partial charge on any atom is -0.495 e. The van der Waals surface area contributed by atoms with Crippen molar-refractivity contribution >= 4 is 62.6 Å². The summed E-state index contributed by atoms with van der Waals surface area (Å²) in [4.78, 5) is 24.5. The Morgan fingerprint density at radius 3 is 2.37 bits per heavy atom. The van der Waals surface area contributed by atoms with Crippen LogP contribution in [0.15, 0.2) is 71.8 Å². The predicted octanol–water partition coefficient (Wildman–Crippen LogP) is 3.94. The Bertz CT molecular complexity index is 1430. The highest BCUT2D eigenvalue weighted by atomic mass is 35.5. The van der Waals surface area contributed by atoms with E-state index in [1.165, 1.54) is 31.5 Å². The number of amides is 2. The van der Waals surface area contributed by atoms with Crippen LogP contribution in [0.3, 0.4) is 0 Å². The van der Waals surface area contributed by atoms with Crippen molar-refractivity contribution in [2.45, 2.75) is 0 Å². The summed E-state index contributed by atoms with van der Waals surface area (Å²) in [6.07, 6.45) is 2.35. The van der Waals surface area contributed by atoms with Gasteiger partial charge in [-0.1, -0.05) is 35.3 Å². The molecule has 0 atom stereocenters. The van der Waals surface area contributed by atoms with Crippen molar-refractivity contribution in [1.29, 1.82) is 0 Å². The minimum atomic E-state index is -3.79. The number of nitrogens with one attached hydrogen (secondary N) is 2. The van der Waals surface area contributed by atoms with E-state index in [0.717, 1.165) is 10.6 Å². The zero-order valence-corrected chi connectivity index (χ0v) is 22.7. The second-order valence-corrected chi connectivity index (χ2v) is 10.5. The minimum absolute atomic E-state index is 0.153. The van der Waals surface area contributed by atoms with Crippen LogP contribution < -0.4 is 24.5 Å². The van der Waals surface area contributed by atoms with Crippen LogP contribution in [0.1, 0.15) is 5.56 Å². The standard InChI is InChI=1S/C25H24Cl2N4O6S/c1-36-23-6-4-3-5-22(23)29-25(33)16-37-19-10-7-17(8-11-19)14-28-30-24(32)15-31(38(2,34)35)18-9-12-20(26)21(27)13-18/h3-14H,15-16H2,1-2H3,(H,29,33)(H,30,32)/b28-14+. The van der Waals surface area contributed by atoms with Crippen LogP contribution >= 0.6 is 23.2 Å². The normalized spacial score (nSPS) is 11.2. The van der Waals surface area contributed by atoms with Crippen LogP contribution in [-0.2, 0) is 19.6 Å². The van der Waals surface area contributed by atoms with Crippen molar-refractivity contribution < 1.29 is 27.5 Å². The zero-order chi connectivity index (χ0) is 27.7. The van der Waals surface area contributed by atoms with E-state index in [1.807, 2.05) is 0 Å². The molecule has 0 radical (unpaired) electrons. The summed E-state index contributed by atoms with van der Waals surface area (Å²) in [5, 5.41) is 6.98. The first-order valence-corrected chi connectivity index (χ1v) is 13.6. The Balaban J connectivity index is 1.51. The highest BCUT2D eigenvalue weighted by molar-refractivity contribution is 7.92. The van der Waals surface area contributed by atoms with Crippen LogP contribution in [0.25, 0.3) is 0 Å². The third-order valence-corrected chi connectivity index (χ3v) is 6.79. The number of hydrazone groups is 1. The highest BCUT2D eigenvalue weighted by Crippen LogP contribution is 2.28. The van der Waals surface area contributed by atoms with Crippen LogP contribution in [0, 0.1) is 0 Å². The van der Waals surface area contributed by atoms with Crippen molar-refractivity contribution in [3.05, 3.63) is 82.3 Å². The summed E-state index contributed by atoms with van der Waals surface area (Å²) < 4.78 is 36.0. The number of benzene rings is 3. The molecule has 0 aliphatic carbocycles. The van der Waals surface area contributed by atoms with Gasteiger partial charge < -0.3 is 14.8 Å². The van der Waals surface area contributed by atoms with Gasteiger partial charge in [-0.25, -0.2) is 13.8 Å². The molecule has 0 bridgehead atoms. The molecule has 0 fully saturated rings. The zero-order valence-electron chi connectivity index (χ0n) is 20.4. The third kappa shape index (κ3) is 8.37. The molecule has 3 rings (SSSR count). The lowest BCUT2D eigenvalue weighted by Crippen LogP contribution is -2.39. The number of halogens is 2. The van der Waals surface area contributed by atoms with Gasteiger partial charge in [-0.2, -0.15) is 5.10 Å². The number of para-hydroxylation sites is 2. The number of anilines is 2. The van der Waals surface area contributed by atoms with E-state index in [1.54, 1.807) is 48.5 Å². The predicted molar refractivity (Wildman–Crippen MR) is 148 cm³/mol. The Labute approximate surface area is 230 Å². The van der Waals surface area contributed by atoms with Crippen LogP contribution in [0.5, 0.6) is 11.5 Å². The maximum Gasteiger partial charge on any atom is 0.262 e. The number of carbonyl (C=O) groups is 2. The Hall–Kier alpha value is -3.80. The number of hydrogen-bond donors (Lipinski definition) is 2. The second-order valence-electron chi connectivity index (χ2n) is 7.77. The number of ether oxygens (including phenoxy) is 2. The number of sulfonamides is 1. The van der Waals surface area contributed by atoms with Gasteiger partial charge >= 0.3 is 0 Å². The van der Waals surface area contributed by atoms with Gasteiger partial charge in [0.2, 0.25) is 10.0 Å². The molecule has 0 saturated carbocycles. The molecule has 0 heterocycles. The van der Waals surface area contributed by atoms with Crippen molar-refractivity contribution in [2.24, 2.45) is 5.10 Å². The fraction of sp³-hybridized carbons (Fsp3) is 0.160. The summed E-state index contributed by atoms with van der Waals surface area (Å²) in [5.41, 5.74) is 3.64. The summed E-state index contributed by atoms with van der Waals surface area (Å²) >= 11 is 11.9. The summed E-state index contributed by atoms with van der Waals surface area (Å²) in [6, 6.07) is 17.9. The molecule has 2 amide bonds. The fourth-order valence-corrected chi connectivity index (χ4v) is 4.26. The van der Waals surface area contributed by atoms with E-state index in [2.05, 4.69) is 15.8 Å². The second kappa shape index (κ2) is 13.1. The summed E-state index contributed by atoms with van der Waals surface area (Å²) in [6.45, 7) is -0.727. The molecule has 38 heavy (non-hydrogen) atoms. The van der Waals surface area contributed by atoms with Crippen LogP contribution in [0.4, 0.5) is 11.4 Å². The van der Waals surface area contributed by atoms with Crippen LogP contribution in [-0.4, -0.2) is 53.0 Å². The lowest BCUT2D eigenvalue weighted by molar-refractivity contribution is -0.119. The monoisotopic (exact) mass is 578 g/mol. The molecular formula is C25H24Cl2N4O6S. The van der Waals surface area contributed by atoms with Gasteiger partial charge in [0.05, 0.1) is 41.0 Å². The van der Waals surface area contributed by atoms with E-state index >= 15 is 0 Å². The molecule has 0 unspecified atom stereocenters. The fourth-order valence-electron chi connectivity index (χ4n) is 3.12. The van der Waals surface area contributed by atoms with Gasteiger partial charge in [-0.3, -0.25) is 13.9 Å². The summed E-state index contributed by atoms with van der Waals surface area (Å²) in [7, 11) is -2.27.